The summed E-state index contributed by atoms with van der Waals surface area (Å²) in [4.78, 5) is 14.0. The van der Waals surface area contributed by atoms with Gasteiger partial charge in [-0.1, -0.05) is 18.5 Å². The lowest BCUT2D eigenvalue weighted by molar-refractivity contribution is -0.117. The molecule has 18 heavy (non-hydrogen) atoms. The number of anilines is 2. The highest BCUT2D eigenvalue weighted by atomic mass is 35.5. The van der Waals surface area contributed by atoms with E-state index in [0.717, 1.165) is 19.5 Å². The molecule has 0 aliphatic carbocycles. The van der Waals surface area contributed by atoms with E-state index in [4.69, 9.17) is 17.3 Å². The van der Waals surface area contributed by atoms with E-state index in [9.17, 15) is 4.79 Å². The zero-order valence-electron chi connectivity index (χ0n) is 10.4. The number of nitrogen functional groups attached to an aromatic ring is 1. The van der Waals surface area contributed by atoms with Crippen LogP contribution in [0.5, 0.6) is 0 Å². The third-order valence-electron chi connectivity index (χ3n) is 3.14. The topological polar surface area (TPSA) is 58.4 Å². The Hall–Kier alpha value is -1.26. The number of halogens is 1. The first-order chi connectivity index (χ1) is 8.54. The van der Waals surface area contributed by atoms with Crippen LogP contribution >= 0.6 is 11.6 Å². The van der Waals surface area contributed by atoms with Gasteiger partial charge in [-0.2, -0.15) is 0 Å². The lowest BCUT2D eigenvalue weighted by atomic mass is 10.2. The summed E-state index contributed by atoms with van der Waals surface area (Å²) in [7, 11) is 0. The highest BCUT2D eigenvalue weighted by Crippen LogP contribution is 2.24. The number of rotatable bonds is 3. The second kappa shape index (κ2) is 5.59. The van der Waals surface area contributed by atoms with Crippen molar-refractivity contribution in [2.45, 2.75) is 13.3 Å². The molecule has 0 radical (unpaired) electrons. The number of nitrogens with two attached hydrogens (primary N) is 1. The fourth-order valence-electron chi connectivity index (χ4n) is 2.20. The average molecular weight is 268 g/mol. The van der Waals surface area contributed by atoms with Gasteiger partial charge in [0.15, 0.2) is 0 Å². The minimum atomic E-state index is -0.0317. The van der Waals surface area contributed by atoms with E-state index < -0.39 is 0 Å². The molecule has 1 aromatic carbocycles. The fraction of sp³-hybridized carbons (Fsp3) is 0.462. The van der Waals surface area contributed by atoms with E-state index in [1.807, 2.05) is 0 Å². The number of carbonyl (C=O) groups excluding carboxylic acids is 1. The van der Waals surface area contributed by atoms with Crippen molar-refractivity contribution in [3.05, 3.63) is 23.2 Å². The molecule has 5 heteroatoms. The SMILES string of the molecule is CC1CCN(CC(=O)Nc2ccc(N)cc2Cl)C1. The summed E-state index contributed by atoms with van der Waals surface area (Å²) in [6, 6.07) is 5.08. The Kier molecular flexibility index (Phi) is 4.09. The van der Waals surface area contributed by atoms with Crippen molar-refractivity contribution in [2.24, 2.45) is 5.92 Å². The second-order valence-electron chi connectivity index (χ2n) is 4.92. The molecule has 1 unspecified atom stereocenters. The molecule has 1 aromatic rings. The molecule has 1 fully saturated rings. The molecule has 1 aliphatic rings. The Balaban J connectivity index is 1.91. The molecule has 0 saturated carbocycles. The molecule has 2 rings (SSSR count). The summed E-state index contributed by atoms with van der Waals surface area (Å²) in [5.74, 6) is 0.647. The monoisotopic (exact) mass is 267 g/mol. The number of carbonyl (C=O) groups is 1. The summed E-state index contributed by atoms with van der Waals surface area (Å²) < 4.78 is 0. The number of hydrogen-bond donors (Lipinski definition) is 2. The van der Waals surface area contributed by atoms with E-state index in [2.05, 4.69) is 17.1 Å². The van der Waals surface area contributed by atoms with Crippen LogP contribution in [0.4, 0.5) is 11.4 Å². The van der Waals surface area contributed by atoms with Crippen molar-refractivity contribution in [1.29, 1.82) is 0 Å². The highest BCUT2D eigenvalue weighted by molar-refractivity contribution is 6.34. The lowest BCUT2D eigenvalue weighted by Gasteiger charge is -2.15. The van der Waals surface area contributed by atoms with Crippen LogP contribution in [0.15, 0.2) is 18.2 Å². The van der Waals surface area contributed by atoms with Gasteiger partial charge >= 0.3 is 0 Å². The van der Waals surface area contributed by atoms with Crippen LogP contribution in [0.1, 0.15) is 13.3 Å². The molecule has 1 saturated heterocycles. The third kappa shape index (κ3) is 3.37. The first-order valence-electron chi connectivity index (χ1n) is 6.12. The van der Waals surface area contributed by atoms with Crippen molar-refractivity contribution >= 4 is 28.9 Å². The predicted molar refractivity (Wildman–Crippen MR) is 74.7 cm³/mol. The van der Waals surface area contributed by atoms with E-state index in [1.54, 1.807) is 18.2 Å². The summed E-state index contributed by atoms with van der Waals surface area (Å²) >= 11 is 6.01. The number of nitrogens with one attached hydrogen (secondary N) is 1. The number of hydrogen-bond acceptors (Lipinski definition) is 3. The van der Waals surface area contributed by atoms with Crippen molar-refractivity contribution in [3.63, 3.8) is 0 Å². The van der Waals surface area contributed by atoms with Crippen molar-refractivity contribution in [3.8, 4) is 0 Å². The minimum absolute atomic E-state index is 0.0317. The maximum Gasteiger partial charge on any atom is 0.238 e. The number of nitrogens with zero attached hydrogens (tertiary/aromatic N) is 1. The largest absolute Gasteiger partial charge is 0.399 e. The zero-order chi connectivity index (χ0) is 13.1. The molecule has 3 N–H and O–H groups in total. The normalized spacial score (nSPS) is 20.0. The molecular formula is C13H18ClN3O. The van der Waals surface area contributed by atoms with Crippen LogP contribution in [0.3, 0.4) is 0 Å². The van der Waals surface area contributed by atoms with Crippen LogP contribution < -0.4 is 11.1 Å². The first kappa shape index (κ1) is 13.2. The Morgan fingerprint density at radius 2 is 2.39 bits per heavy atom. The van der Waals surface area contributed by atoms with E-state index in [-0.39, 0.29) is 5.91 Å². The van der Waals surface area contributed by atoms with Gasteiger partial charge in [0, 0.05) is 12.2 Å². The van der Waals surface area contributed by atoms with E-state index in [1.165, 1.54) is 0 Å². The molecule has 4 nitrogen and oxygen atoms in total. The number of amides is 1. The van der Waals surface area contributed by atoms with Crippen LogP contribution in [-0.2, 0) is 4.79 Å². The Bertz CT molecular complexity index is 450. The van der Waals surface area contributed by atoms with Crippen molar-refractivity contribution < 1.29 is 4.79 Å². The average Bonchev–Trinajstić information content (AvgIpc) is 2.68. The summed E-state index contributed by atoms with van der Waals surface area (Å²) in [5, 5.41) is 3.28. The van der Waals surface area contributed by atoms with Crippen molar-refractivity contribution in [2.75, 3.05) is 30.7 Å². The van der Waals surface area contributed by atoms with Gasteiger partial charge in [-0.15, -0.1) is 0 Å². The predicted octanol–water partition coefficient (Wildman–Crippen LogP) is 2.20. The number of likely N-dealkylation sites (tertiary alicyclic amines) is 1. The quantitative estimate of drug-likeness (QED) is 0.826. The summed E-state index contributed by atoms with van der Waals surface area (Å²) in [6.45, 7) is 4.60. The highest BCUT2D eigenvalue weighted by Gasteiger charge is 2.20. The van der Waals surface area contributed by atoms with Gasteiger partial charge in [-0.25, -0.2) is 0 Å². The second-order valence-corrected chi connectivity index (χ2v) is 5.32. The van der Waals surface area contributed by atoms with Gasteiger partial charge in [0.25, 0.3) is 0 Å². The summed E-state index contributed by atoms with van der Waals surface area (Å²) in [6.07, 6.45) is 1.16. The number of benzene rings is 1. The van der Waals surface area contributed by atoms with Crippen LogP contribution in [-0.4, -0.2) is 30.4 Å². The van der Waals surface area contributed by atoms with Crippen LogP contribution in [0.2, 0.25) is 5.02 Å². The van der Waals surface area contributed by atoms with Crippen LogP contribution in [0, 0.1) is 5.92 Å². The Morgan fingerprint density at radius 1 is 1.61 bits per heavy atom. The third-order valence-corrected chi connectivity index (χ3v) is 3.46. The van der Waals surface area contributed by atoms with Gasteiger partial charge in [0.1, 0.15) is 0 Å². The lowest BCUT2D eigenvalue weighted by Crippen LogP contribution is -2.31. The van der Waals surface area contributed by atoms with Crippen molar-refractivity contribution in [1.82, 2.24) is 4.90 Å². The van der Waals surface area contributed by atoms with Gasteiger partial charge in [-0.05, 0) is 37.1 Å². The molecule has 1 heterocycles. The Morgan fingerprint density at radius 3 is 3.00 bits per heavy atom. The molecule has 1 atom stereocenters. The maximum absolute atomic E-state index is 11.9. The van der Waals surface area contributed by atoms with Gasteiger partial charge in [-0.3, -0.25) is 9.69 Å². The molecule has 0 aromatic heterocycles. The maximum atomic E-state index is 11.9. The molecule has 1 aliphatic heterocycles. The Labute approximate surface area is 112 Å². The molecule has 0 spiro atoms. The summed E-state index contributed by atoms with van der Waals surface area (Å²) in [5.41, 5.74) is 6.80. The van der Waals surface area contributed by atoms with Gasteiger partial charge in [0.2, 0.25) is 5.91 Å². The van der Waals surface area contributed by atoms with E-state index in [0.29, 0.717) is 28.9 Å². The standard InChI is InChI=1S/C13H18ClN3O/c1-9-4-5-17(7-9)8-13(18)16-12-3-2-10(15)6-11(12)14/h2-3,6,9H,4-5,7-8,15H2,1H3,(H,16,18). The zero-order valence-corrected chi connectivity index (χ0v) is 11.2. The van der Waals surface area contributed by atoms with Gasteiger partial charge < -0.3 is 11.1 Å². The molecule has 1 amide bonds. The van der Waals surface area contributed by atoms with Gasteiger partial charge in [0.05, 0.1) is 17.3 Å². The minimum Gasteiger partial charge on any atom is -0.399 e. The smallest absolute Gasteiger partial charge is 0.238 e. The van der Waals surface area contributed by atoms with E-state index >= 15 is 0 Å². The first-order valence-corrected chi connectivity index (χ1v) is 6.49. The molecule has 0 bridgehead atoms. The van der Waals surface area contributed by atoms with Crippen LogP contribution in [0.25, 0.3) is 0 Å². The molecule has 98 valence electrons. The molecular weight excluding hydrogens is 250 g/mol. The fourth-order valence-corrected chi connectivity index (χ4v) is 2.43.